The smallest absolute Gasteiger partial charge is 0.319 e. The van der Waals surface area contributed by atoms with E-state index in [0.29, 0.717) is 11.6 Å². The monoisotopic (exact) mass is 287 g/mol. The molecule has 0 aliphatic heterocycles. The van der Waals surface area contributed by atoms with Crippen LogP contribution in [0, 0.1) is 0 Å². The van der Waals surface area contributed by atoms with Gasteiger partial charge in [-0.15, -0.1) is 0 Å². The molecule has 6 nitrogen and oxygen atoms in total. The zero-order chi connectivity index (χ0) is 15.1. The van der Waals surface area contributed by atoms with Crippen molar-refractivity contribution in [1.29, 1.82) is 0 Å². The highest BCUT2D eigenvalue weighted by molar-refractivity contribution is 5.89. The molecule has 0 aliphatic carbocycles. The van der Waals surface area contributed by atoms with Crippen LogP contribution in [0.25, 0.3) is 0 Å². The molecule has 1 aromatic heterocycles. The summed E-state index contributed by atoms with van der Waals surface area (Å²) in [6.07, 6.45) is 0.748. The van der Waals surface area contributed by atoms with Gasteiger partial charge < -0.3 is 20.5 Å². The van der Waals surface area contributed by atoms with Crippen molar-refractivity contribution in [3.63, 3.8) is 0 Å². The third-order valence-electron chi connectivity index (χ3n) is 2.84. The molecule has 2 rings (SSSR count). The number of carbonyl (C=O) groups excluding carboxylic acids is 1. The van der Waals surface area contributed by atoms with Crippen LogP contribution in [0.2, 0.25) is 0 Å². The highest BCUT2D eigenvalue weighted by atomic mass is 16.5. The van der Waals surface area contributed by atoms with Crippen molar-refractivity contribution in [2.24, 2.45) is 0 Å². The Hall–Kier alpha value is -2.60. The molecule has 0 saturated heterocycles. The zero-order valence-electron chi connectivity index (χ0n) is 11.6. The summed E-state index contributed by atoms with van der Waals surface area (Å²) in [5.74, 6) is 0.473. The van der Waals surface area contributed by atoms with Crippen molar-refractivity contribution in [2.75, 3.05) is 19.0 Å². The van der Waals surface area contributed by atoms with E-state index in [0.717, 1.165) is 5.56 Å². The fourth-order valence-corrected chi connectivity index (χ4v) is 1.73. The van der Waals surface area contributed by atoms with Gasteiger partial charge in [0.25, 0.3) is 0 Å². The normalized spacial score (nSPS) is 11.5. The first-order valence-electron chi connectivity index (χ1n) is 6.47. The molecule has 0 radical (unpaired) electrons. The number of hydrogen-bond acceptors (Lipinski definition) is 4. The molecule has 2 aromatic rings. The van der Waals surface area contributed by atoms with Gasteiger partial charge in [0.2, 0.25) is 5.88 Å². The Morgan fingerprint density at radius 3 is 2.67 bits per heavy atom. The van der Waals surface area contributed by atoms with Crippen LogP contribution >= 0.6 is 0 Å². The summed E-state index contributed by atoms with van der Waals surface area (Å²) < 4.78 is 4.93. The van der Waals surface area contributed by atoms with Gasteiger partial charge in [-0.05, 0) is 11.6 Å². The van der Waals surface area contributed by atoms with Crippen molar-refractivity contribution in [3.8, 4) is 5.88 Å². The molecule has 0 aliphatic rings. The molecule has 6 heteroatoms. The molecule has 0 spiro atoms. The predicted molar refractivity (Wildman–Crippen MR) is 79.2 cm³/mol. The van der Waals surface area contributed by atoms with Gasteiger partial charge >= 0.3 is 6.03 Å². The van der Waals surface area contributed by atoms with Crippen LogP contribution in [0.5, 0.6) is 5.88 Å². The SMILES string of the molecule is COc1ccc(NC(=O)NC[C@@H](O)c2ccccc2)cn1. The van der Waals surface area contributed by atoms with Crippen LogP contribution in [-0.4, -0.2) is 29.8 Å². The Morgan fingerprint density at radius 1 is 1.29 bits per heavy atom. The summed E-state index contributed by atoms with van der Waals surface area (Å²) in [5, 5.41) is 15.2. The van der Waals surface area contributed by atoms with Gasteiger partial charge in [-0.25, -0.2) is 9.78 Å². The molecule has 2 amide bonds. The summed E-state index contributed by atoms with van der Waals surface area (Å²) in [6, 6.07) is 12.1. The van der Waals surface area contributed by atoms with Crippen LogP contribution in [0.1, 0.15) is 11.7 Å². The number of rotatable bonds is 5. The van der Waals surface area contributed by atoms with Gasteiger partial charge in [0.05, 0.1) is 25.1 Å². The number of amides is 2. The molecular weight excluding hydrogens is 270 g/mol. The Labute approximate surface area is 122 Å². The lowest BCUT2D eigenvalue weighted by Crippen LogP contribution is -2.32. The van der Waals surface area contributed by atoms with E-state index in [9.17, 15) is 9.90 Å². The first-order chi connectivity index (χ1) is 10.2. The molecule has 0 bridgehead atoms. The van der Waals surface area contributed by atoms with Crippen molar-refractivity contribution in [2.45, 2.75) is 6.10 Å². The quantitative estimate of drug-likeness (QED) is 0.785. The number of nitrogens with one attached hydrogen (secondary N) is 2. The molecule has 0 unspecified atom stereocenters. The maximum absolute atomic E-state index is 11.7. The molecular formula is C15H17N3O3. The topological polar surface area (TPSA) is 83.5 Å². The number of aliphatic hydroxyl groups is 1. The zero-order valence-corrected chi connectivity index (χ0v) is 11.6. The number of benzene rings is 1. The number of methoxy groups -OCH3 is 1. The lowest BCUT2D eigenvalue weighted by molar-refractivity contribution is 0.175. The second-order valence-corrected chi connectivity index (χ2v) is 4.35. The van der Waals surface area contributed by atoms with Crippen molar-refractivity contribution >= 4 is 11.7 Å². The molecule has 0 saturated carbocycles. The van der Waals surface area contributed by atoms with E-state index in [1.54, 1.807) is 24.3 Å². The second kappa shape index (κ2) is 7.25. The molecule has 110 valence electrons. The number of ether oxygens (including phenoxy) is 1. The minimum Gasteiger partial charge on any atom is -0.481 e. The average molecular weight is 287 g/mol. The van der Waals surface area contributed by atoms with Crippen LogP contribution in [-0.2, 0) is 0 Å². The number of urea groups is 1. The standard InChI is InChI=1S/C15H17N3O3/c1-21-14-8-7-12(9-16-14)18-15(20)17-10-13(19)11-5-3-2-4-6-11/h2-9,13,19H,10H2,1H3,(H2,17,18,20)/t13-/m1/s1. The first kappa shape index (κ1) is 14.8. The molecule has 1 atom stereocenters. The fourth-order valence-electron chi connectivity index (χ4n) is 1.73. The number of nitrogens with zero attached hydrogens (tertiary/aromatic N) is 1. The summed E-state index contributed by atoms with van der Waals surface area (Å²) in [4.78, 5) is 15.7. The van der Waals surface area contributed by atoms with Gasteiger partial charge in [-0.2, -0.15) is 0 Å². The van der Waals surface area contributed by atoms with Crippen LogP contribution in [0.3, 0.4) is 0 Å². The highest BCUT2D eigenvalue weighted by Crippen LogP contribution is 2.12. The largest absolute Gasteiger partial charge is 0.481 e. The van der Waals surface area contributed by atoms with Gasteiger partial charge in [0.15, 0.2) is 0 Å². The molecule has 0 fully saturated rings. The third kappa shape index (κ3) is 4.47. The molecule has 1 aromatic carbocycles. The summed E-state index contributed by atoms with van der Waals surface area (Å²) in [6.45, 7) is 0.124. The van der Waals surface area contributed by atoms with Crippen LogP contribution < -0.4 is 15.4 Å². The maximum Gasteiger partial charge on any atom is 0.319 e. The number of aromatic nitrogens is 1. The predicted octanol–water partition coefficient (Wildman–Crippen LogP) is 1.95. The Morgan fingerprint density at radius 2 is 2.05 bits per heavy atom. The Balaban J connectivity index is 1.81. The number of anilines is 1. The van der Waals surface area contributed by atoms with Crippen LogP contribution in [0.15, 0.2) is 48.7 Å². The average Bonchev–Trinajstić information content (AvgIpc) is 2.54. The maximum atomic E-state index is 11.7. The lowest BCUT2D eigenvalue weighted by atomic mass is 10.1. The van der Waals surface area contributed by atoms with E-state index < -0.39 is 12.1 Å². The van der Waals surface area contributed by atoms with E-state index in [2.05, 4.69) is 15.6 Å². The molecule has 3 N–H and O–H groups in total. The van der Waals surface area contributed by atoms with E-state index in [1.807, 2.05) is 18.2 Å². The summed E-state index contributed by atoms with van der Waals surface area (Å²) in [5.41, 5.74) is 1.30. The Bertz CT molecular complexity index is 572. The lowest BCUT2D eigenvalue weighted by Gasteiger charge is -2.12. The number of pyridine rings is 1. The second-order valence-electron chi connectivity index (χ2n) is 4.35. The fraction of sp³-hybridized carbons (Fsp3) is 0.200. The van der Waals surface area contributed by atoms with Gasteiger partial charge in [-0.3, -0.25) is 0 Å². The number of carbonyl (C=O) groups is 1. The van der Waals surface area contributed by atoms with Crippen molar-refractivity contribution < 1.29 is 14.6 Å². The summed E-state index contributed by atoms with van der Waals surface area (Å²) >= 11 is 0. The first-order valence-corrected chi connectivity index (χ1v) is 6.47. The van der Waals surface area contributed by atoms with Crippen molar-refractivity contribution in [3.05, 3.63) is 54.2 Å². The summed E-state index contributed by atoms with van der Waals surface area (Å²) in [7, 11) is 1.52. The van der Waals surface area contributed by atoms with Gasteiger partial charge in [0.1, 0.15) is 0 Å². The van der Waals surface area contributed by atoms with E-state index >= 15 is 0 Å². The minimum absolute atomic E-state index is 0.124. The molecule has 1 heterocycles. The highest BCUT2D eigenvalue weighted by Gasteiger charge is 2.09. The van der Waals surface area contributed by atoms with Crippen LogP contribution in [0.4, 0.5) is 10.5 Å². The van der Waals surface area contributed by atoms with E-state index in [4.69, 9.17) is 4.74 Å². The number of aliphatic hydroxyl groups excluding tert-OH is 1. The van der Waals surface area contributed by atoms with Crippen molar-refractivity contribution in [1.82, 2.24) is 10.3 Å². The van der Waals surface area contributed by atoms with Gasteiger partial charge in [0, 0.05) is 12.6 Å². The number of hydrogen-bond donors (Lipinski definition) is 3. The minimum atomic E-state index is -0.744. The Kier molecular flexibility index (Phi) is 5.11. The van der Waals surface area contributed by atoms with E-state index in [1.165, 1.54) is 13.3 Å². The third-order valence-corrected chi connectivity index (χ3v) is 2.84. The van der Waals surface area contributed by atoms with E-state index in [-0.39, 0.29) is 6.54 Å². The molecule has 21 heavy (non-hydrogen) atoms. The van der Waals surface area contributed by atoms with Gasteiger partial charge in [-0.1, -0.05) is 30.3 Å².